The molecule has 96 valence electrons. The van der Waals surface area contributed by atoms with Crippen LogP contribution in [0.2, 0.25) is 0 Å². The summed E-state index contributed by atoms with van der Waals surface area (Å²) in [6.45, 7) is -0.663. The zero-order valence-electron chi connectivity index (χ0n) is 8.71. The van der Waals surface area contributed by atoms with Gasteiger partial charge in [-0.3, -0.25) is 4.21 Å². The topological polar surface area (TPSA) is 43.1 Å². The minimum absolute atomic E-state index is 0.227. The Morgan fingerprint density at radius 1 is 1.29 bits per heavy atom. The average Bonchev–Trinajstić information content (AvgIpc) is 2.24. The van der Waals surface area contributed by atoms with Crippen LogP contribution in [0.5, 0.6) is 0 Å². The SMILES string of the molecule is NCC(CS(=O)c1ccccc1F)C(F)(F)F. The first-order chi connectivity index (χ1) is 7.86. The van der Waals surface area contributed by atoms with E-state index in [1.807, 2.05) is 0 Å². The molecule has 7 heteroatoms. The molecule has 0 heterocycles. The molecule has 0 saturated heterocycles. The normalized spacial score (nSPS) is 15.6. The fourth-order valence-corrected chi connectivity index (χ4v) is 2.58. The smallest absolute Gasteiger partial charge is 0.330 e. The van der Waals surface area contributed by atoms with E-state index < -0.39 is 41.0 Å². The van der Waals surface area contributed by atoms with Gasteiger partial charge in [0, 0.05) is 12.3 Å². The zero-order chi connectivity index (χ0) is 13.1. The first-order valence-electron chi connectivity index (χ1n) is 4.76. The molecule has 0 spiro atoms. The van der Waals surface area contributed by atoms with Crippen molar-refractivity contribution >= 4 is 10.8 Å². The van der Waals surface area contributed by atoms with Crippen molar-refractivity contribution in [2.75, 3.05) is 12.3 Å². The van der Waals surface area contributed by atoms with E-state index in [0.29, 0.717) is 0 Å². The van der Waals surface area contributed by atoms with Gasteiger partial charge in [0.15, 0.2) is 0 Å². The molecule has 0 radical (unpaired) electrons. The second kappa shape index (κ2) is 5.59. The van der Waals surface area contributed by atoms with Crippen molar-refractivity contribution < 1.29 is 21.8 Å². The van der Waals surface area contributed by atoms with Gasteiger partial charge in [0.05, 0.1) is 21.6 Å². The van der Waals surface area contributed by atoms with E-state index in [1.165, 1.54) is 18.2 Å². The molecule has 0 aromatic heterocycles. The van der Waals surface area contributed by atoms with Crippen molar-refractivity contribution in [3.05, 3.63) is 30.1 Å². The van der Waals surface area contributed by atoms with E-state index in [1.54, 1.807) is 0 Å². The molecular weight excluding hydrogens is 258 g/mol. The maximum atomic E-state index is 13.2. The van der Waals surface area contributed by atoms with E-state index in [0.717, 1.165) is 6.07 Å². The zero-order valence-corrected chi connectivity index (χ0v) is 9.52. The Kier molecular flexibility index (Phi) is 4.64. The van der Waals surface area contributed by atoms with Crippen LogP contribution in [-0.2, 0) is 10.8 Å². The van der Waals surface area contributed by atoms with Crippen LogP contribution in [0.4, 0.5) is 17.6 Å². The Hall–Kier alpha value is -0.950. The third kappa shape index (κ3) is 3.78. The predicted molar refractivity (Wildman–Crippen MR) is 56.3 cm³/mol. The van der Waals surface area contributed by atoms with Gasteiger partial charge in [0.1, 0.15) is 5.82 Å². The monoisotopic (exact) mass is 269 g/mol. The lowest BCUT2D eigenvalue weighted by atomic mass is 10.2. The molecule has 0 amide bonds. The van der Waals surface area contributed by atoms with E-state index in [-0.39, 0.29) is 4.90 Å². The van der Waals surface area contributed by atoms with Gasteiger partial charge >= 0.3 is 6.18 Å². The molecule has 17 heavy (non-hydrogen) atoms. The third-order valence-corrected chi connectivity index (χ3v) is 3.71. The lowest BCUT2D eigenvalue weighted by Crippen LogP contribution is -2.34. The summed E-state index contributed by atoms with van der Waals surface area (Å²) in [6, 6.07) is 5.05. The highest BCUT2D eigenvalue weighted by Gasteiger charge is 2.39. The maximum absolute atomic E-state index is 13.2. The molecule has 0 aliphatic heterocycles. The van der Waals surface area contributed by atoms with Gasteiger partial charge in [0.2, 0.25) is 0 Å². The lowest BCUT2D eigenvalue weighted by molar-refractivity contribution is -0.165. The summed E-state index contributed by atoms with van der Waals surface area (Å²) in [4.78, 5) is -0.227. The number of hydrogen-bond acceptors (Lipinski definition) is 2. The third-order valence-electron chi connectivity index (χ3n) is 2.18. The van der Waals surface area contributed by atoms with E-state index in [4.69, 9.17) is 5.73 Å². The molecule has 2 atom stereocenters. The summed E-state index contributed by atoms with van der Waals surface area (Å²) in [5.41, 5.74) is 4.98. The molecule has 2 unspecified atom stereocenters. The summed E-state index contributed by atoms with van der Waals surface area (Å²) in [6.07, 6.45) is -4.52. The standard InChI is InChI=1S/C10H11F4NOS/c11-8-3-1-2-4-9(8)17(16)6-7(5-15)10(12,13)14/h1-4,7H,5-6,15H2. The molecule has 0 saturated carbocycles. The number of hydrogen-bond donors (Lipinski definition) is 1. The van der Waals surface area contributed by atoms with Gasteiger partial charge in [-0.05, 0) is 12.1 Å². The minimum Gasteiger partial charge on any atom is -0.330 e. The summed E-state index contributed by atoms with van der Waals surface area (Å²) >= 11 is 0. The van der Waals surface area contributed by atoms with Gasteiger partial charge in [-0.25, -0.2) is 4.39 Å². The fourth-order valence-electron chi connectivity index (χ4n) is 1.20. The molecule has 1 rings (SSSR count). The second-order valence-electron chi connectivity index (χ2n) is 3.42. The highest BCUT2D eigenvalue weighted by molar-refractivity contribution is 7.85. The van der Waals surface area contributed by atoms with Crippen LogP contribution in [0.3, 0.4) is 0 Å². The first-order valence-corrected chi connectivity index (χ1v) is 6.08. The van der Waals surface area contributed by atoms with Crippen molar-refractivity contribution in [2.24, 2.45) is 11.7 Å². The van der Waals surface area contributed by atoms with Crippen LogP contribution < -0.4 is 5.73 Å². The van der Waals surface area contributed by atoms with Gasteiger partial charge in [-0.15, -0.1) is 0 Å². The predicted octanol–water partition coefficient (Wildman–Crippen LogP) is 2.07. The molecular formula is C10H11F4NOS. The molecule has 0 fully saturated rings. The van der Waals surface area contributed by atoms with Crippen LogP contribution in [0, 0.1) is 11.7 Å². The molecule has 1 aromatic carbocycles. The Morgan fingerprint density at radius 3 is 2.35 bits per heavy atom. The number of halogens is 4. The summed E-state index contributed by atoms with van der Waals surface area (Å²) in [7, 11) is -2.05. The van der Waals surface area contributed by atoms with Crippen molar-refractivity contribution in [3.8, 4) is 0 Å². The van der Waals surface area contributed by atoms with Gasteiger partial charge in [-0.1, -0.05) is 12.1 Å². The van der Waals surface area contributed by atoms with Gasteiger partial charge in [-0.2, -0.15) is 13.2 Å². The van der Waals surface area contributed by atoms with Gasteiger partial charge in [0.25, 0.3) is 0 Å². The summed E-state index contributed by atoms with van der Waals surface area (Å²) in [5.74, 6) is -3.38. The fraction of sp³-hybridized carbons (Fsp3) is 0.400. The quantitative estimate of drug-likeness (QED) is 0.850. The van der Waals surface area contributed by atoms with E-state index >= 15 is 0 Å². The number of rotatable bonds is 4. The highest BCUT2D eigenvalue weighted by atomic mass is 32.2. The van der Waals surface area contributed by atoms with Crippen molar-refractivity contribution in [3.63, 3.8) is 0 Å². The largest absolute Gasteiger partial charge is 0.393 e. The summed E-state index contributed by atoms with van der Waals surface area (Å²) < 4.78 is 61.9. The van der Waals surface area contributed by atoms with Crippen molar-refractivity contribution in [2.45, 2.75) is 11.1 Å². The number of benzene rings is 1. The Labute approximate surface area is 98.3 Å². The maximum Gasteiger partial charge on any atom is 0.393 e. The highest BCUT2D eigenvalue weighted by Crippen LogP contribution is 2.27. The Bertz CT molecular complexity index is 408. The Balaban J connectivity index is 2.83. The second-order valence-corrected chi connectivity index (χ2v) is 4.88. The number of alkyl halides is 3. The van der Waals surface area contributed by atoms with Crippen LogP contribution in [0.25, 0.3) is 0 Å². The van der Waals surface area contributed by atoms with Gasteiger partial charge < -0.3 is 5.73 Å². The number of nitrogens with two attached hydrogens (primary N) is 1. The molecule has 1 aromatic rings. The van der Waals surface area contributed by atoms with Crippen molar-refractivity contribution in [1.82, 2.24) is 0 Å². The Morgan fingerprint density at radius 2 is 1.88 bits per heavy atom. The molecule has 0 aliphatic rings. The first kappa shape index (κ1) is 14.1. The lowest BCUT2D eigenvalue weighted by Gasteiger charge is -2.17. The van der Waals surface area contributed by atoms with Crippen molar-refractivity contribution in [1.29, 1.82) is 0 Å². The van der Waals surface area contributed by atoms with Crippen LogP contribution >= 0.6 is 0 Å². The van der Waals surface area contributed by atoms with E-state index in [2.05, 4.69) is 0 Å². The average molecular weight is 269 g/mol. The van der Waals surface area contributed by atoms with Crippen LogP contribution in [0.15, 0.2) is 29.2 Å². The minimum atomic E-state index is -4.52. The summed E-state index contributed by atoms with van der Waals surface area (Å²) in [5, 5.41) is 0. The molecule has 2 N–H and O–H groups in total. The van der Waals surface area contributed by atoms with Crippen LogP contribution in [0.1, 0.15) is 0 Å². The molecule has 0 bridgehead atoms. The molecule has 2 nitrogen and oxygen atoms in total. The van der Waals surface area contributed by atoms with E-state index in [9.17, 15) is 21.8 Å². The van der Waals surface area contributed by atoms with Crippen LogP contribution in [-0.4, -0.2) is 22.7 Å². The molecule has 0 aliphatic carbocycles.